The summed E-state index contributed by atoms with van der Waals surface area (Å²) in [7, 11) is 3.80. The molecule has 2 heterocycles. The average molecular weight is 597 g/mol. The van der Waals surface area contributed by atoms with Crippen LogP contribution in [0.3, 0.4) is 0 Å². The summed E-state index contributed by atoms with van der Waals surface area (Å²) in [6.45, 7) is 11.6. The van der Waals surface area contributed by atoms with E-state index in [1.165, 1.54) is 6.20 Å². The second-order valence-electron chi connectivity index (χ2n) is 11.2. The minimum atomic E-state index is -0.385. The van der Waals surface area contributed by atoms with Gasteiger partial charge in [0.2, 0.25) is 11.8 Å². The number of nitrogens with zero attached hydrogens (tertiary/aromatic N) is 4. The van der Waals surface area contributed by atoms with Crippen molar-refractivity contribution in [1.82, 2.24) is 14.9 Å². The molecule has 1 aliphatic rings. The SMILES string of the molecule is COc1cc(Nc2ncc(C(=O)Nc3c(C)cccc3C)c(Oc3ccccc3OC(C)C)n2)ccc1N1CCN(C)CC1. The number of piperazine rings is 1. The molecule has 0 aliphatic carbocycles. The van der Waals surface area contributed by atoms with Gasteiger partial charge < -0.3 is 34.6 Å². The molecule has 0 radical (unpaired) electrons. The summed E-state index contributed by atoms with van der Waals surface area (Å²) in [4.78, 5) is 27.4. The van der Waals surface area contributed by atoms with Gasteiger partial charge in [-0.15, -0.1) is 0 Å². The monoisotopic (exact) mass is 596 g/mol. The first kappa shape index (κ1) is 30.6. The molecule has 10 nitrogen and oxygen atoms in total. The number of hydrogen-bond donors (Lipinski definition) is 2. The fourth-order valence-electron chi connectivity index (χ4n) is 5.04. The summed E-state index contributed by atoms with van der Waals surface area (Å²) < 4.78 is 18.0. The van der Waals surface area contributed by atoms with Crippen LogP contribution in [0.4, 0.5) is 23.0 Å². The number of nitrogens with one attached hydrogen (secondary N) is 2. The van der Waals surface area contributed by atoms with Crippen molar-refractivity contribution in [2.24, 2.45) is 0 Å². The largest absolute Gasteiger partial charge is 0.495 e. The van der Waals surface area contributed by atoms with Crippen molar-refractivity contribution in [3.63, 3.8) is 0 Å². The highest BCUT2D eigenvalue weighted by molar-refractivity contribution is 6.06. The number of aryl methyl sites for hydroxylation is 2. The second-order valence-corrected chi connectivity index (χ2v) is 11.2. The molecule has 230 valence electrons. The summed E-state index contributed by atoms with van der Waals surface area (Å²) >= 11 is 0. The molecule has 1 aromatic heterocycles. The molecule has 10 heteroatoms. The third kappa shape index (κ3) is 7.20. The zero-order valence-electron chi connectivity index (χ0n) is 26.2. The van der Waals surface area contributed by atoms with Gasteiger partial charge in [0.05, 0.1) is 18.9 Å². The van der Waals surface area contributed by atoms with E-state index in [0.717, 1.165) is 60.1 Å². The highest BCUT2D eigenvalue weighted by Crippen LogP contribution is 2.35. The molecular formula is C34H40N6O4. The maximum absolute atomic E-state index is 13.6. The van der Waals surface area contributed by atoms with E-state index in [1.807, 2.05) is 82.3 Å². The van der Waals surface area contributed by atoms with E-state index >= 15 is 0 Å². The normalized spacial score (nSPS) is 13.5. The number of aromatic nitrogens is 2. The van der Waals surface area contributed by atoms with Crippen LogP contribution in [0.5, 0.6) is 23.1 Å². The third-order valence-electron chi connectivity index (χ3n) is 7.42. The van der Waals surface area contributed by atoms with Gasteiger partial charge in [0.15, 0.2) is 11.5 Å². The van der Waals surface area contributed by atoms with E-state index in [1.54, 1.807) is 13.2 Å². The number of amides is 1. The molecular weight excluding hydrogens is 556 g/mol. The number of para-hydroxylation sites is 3. The molecule has 0 unspecified atom stereocenters. The van der Waals surface area contributed by atoms with Crippen LogP contribution in [-0.2, 0) is 0 Å². The zero-order valence-corrected chi connectivity index (χ0v) is 26.2. The topological polar surface area (TPSA) is 101 Å². The Morgan fingerprint density at radius 2 is 1.61 bits per heavy atom. The van der Waals surface area contributed by atoms with Crippen LogP contribution >= 0.6 is 0 Å². The standard InChI is InChI=1S/C34H40N6O4/c1-22(2)43-28-12-7-8-13-29(28)44-33-26(32(41)37-31-23(3)10-9-11-24(31)4)21-35-34(38-33)36-25-14-15-27(30(20-25)42-6)40-18-16-39(5)17-19-40/h7-15,20-22H,16-19H2,1-6H3,(H,37,41)(H,35,36,38). The smallest absolute Gasteiger partial charge is 0.262 e. The van der Waals surface area contributed by atoms with E-state index in [-0.39, 0.29) is 29.4 Å². The van der Waals surface area contributed by atoms with Crippen molar-refractivity contribution in [1.29, 1.82) is 0 Å². The van der Waals surface area contributed by atoms with Gasteiger partial charge in [-0.05, 0) is 70.1 Å². The van der Waals surface area contributed by atoms with E-state index in [4.69, 9.17) is 14.2 Å². The van der Waals surface area contributed by atoms with Crippen LogP contribution in [-0.4, -0.2) is 67.2 Å². The van der Waals surface area contributed by atoms with Crippen molar-refractivity contribution in [3.05, 3.63) is 83.6 Å². The Bertz CT molecular complexity index is 1600. The van der Waals surface area contributed by atoms with Crippen molar-refractivity contribution < 1.29 is 19.0 Å². The quantitative estimate of drug-likeness (QED) is 0.214. The third-order valence-corrected chi connectivity index (χ3v) is 7.42. The molecule has 0 bridgehead atoms. The van der Waals surface area contributed by atoms with Gasteiger partial charge in [-0.2, -0.15) is 4.98 Å². The number of ether oxygens (including phenoxy) is 3. The molecule has 5 rings (SSSR count). The second kappa shape index (κ2) is 13.6. The van der Waals surface area contributed by atoms with Crippen LogP contribution in [0.1, 0.15) is 35.3 Å². The molecule has 0 saturated carbocycles. The van der Waals surface area contributed by atoms with Crippen molar-refractivity contribution in [2.75, 3.05) is 55.9 Å². The molecule has 1 saturated heterocycles. The summed E-state index contributed by atoms with van der Waals surface area (Å²) in [6, 6.07) is 19.1. The maximum atomic E-state index is 13.6. The number of benzene rings is 3. The van der Waals surface area contributed by atoms with Crippen molar-refractivity contribution in [3.8, 4) is 23.1 Å². The first-order valence-electron chi connectivity index (χ1n) is 14.8. The lowest BCUT2D eigenvalue weighted by Gasteiger charge is -2.34. The fraction of sp³-hybridized carbons (Fsp3) is 0.324. The first-order valence-corrected chi connectivity index (χ1v) is 14.8. The van der Waals surface area contributed by atoms with E-state index < -0.39 is 0 Å². The van der Waals surface area contributed by atoms with Crippen molar-refractivity contribution in [2.45, 2.75) is 33.8 Å². The minimum Gasteiger partial charge on any atom is -0.495 e. The number of carbonyl (C=O) groups is 1. The number of hydrogen-bond acceptors (Lipinski definition) is 9. The minimum absolute atomic E-state index is 0.0713. The molecule has 2 N–H and O–H groups in total. The van der Waals surface area contributed by atoms with Gasteiger partial charge in [0.1, 0.15) is 11.3 Å². The maximum Gasteiger partial charge on any atom is 0.262 e. The Morgan fingerprint density at radius 1 is 0.909 bits per heavy atom. The Morgan fingerprint density at radius 3 is 2.30 bits per heavy atom. The van der Waals surface area contributed by atoms with Crippen LogP contribution < -0.4 is 29.7 Å². The number of methoxy groups -OCH3 is 1. The van der Waals surface area contributed by atoms with Crippen molar-refractivity contribution >= 4 is 28.9 Å². The number of anilines is 4. The Hall–Kier alpha value is -4.83. The predicted molar refractivity (Wildman–Crippen MR) is 174 cm³/mol. The Balaban J connectivity index is 1.46. The lowest BCUT2D eigenvalue weighted by molar-refractivity contribution is 0.102. The predicted octanol–water partition coefficient (Wildman–Crippen LogP) is 6.43. The van der Waals surface area contributed by atoms with E-state index in [0.29, 0.717) is 11.5 Å². The number of likely N-dealkylation sites (N-methyl/N-ethyl adjacent to an activating group) is 1. The zero-order chi connectivity index (χ0) is 31.2. The molecule has 1 fully saturated rings. The first-order chi connectivity index (χ1) is 21.2. The van der Waals surface area contributed by atoms with Gasteiger partial charge >= 0.3 is 0 Å². The highest BCUT2D eigenvalue weighted by Gasteiger charge is 2.22. The average Bonchev–Trinajstić information content (AvgIpc) is 3.00. The number of rotatable bonds is 10. The van der Waals surface area contributed by atoms with Crippen LogP contribution in [0, 0.1) is 13.8 Å². The van der Waals surface area contributed by atoms with E-state index in [2.05, 4.69) is 37.4 Å². The van der Waals surface area contributed by atoms with Gasteiger partial charge in [0, 0.05) is 49.8 Å². The van der Waals surface area contributed by atoms with Gasteiger partial charge in [-0.1, -0.05) is 30.3 Å². The van der Waals surface area contributed by atoms with Gasteiger partial charge in [0.25, 0.3) is 5.91 Å². The Labute approximate surface area is 259 Å². The number of carbonyl (C=O) groups excluding carboxylic acids is 1. The van der Waals surface area contributed by atoms with Gasteiger partial charge in [-0.3, -0.25) is 4.79 Å². The molecule has 1 aliphatic heterocycles. The molecule has 1 amide bonds. The summed E-state index contributed by atoms with van der Waals surface area (Å²) in [5.41, 5.74) is 4.59. The highest BCUT2D eigenvalue weighted by atomic mass is 16.5. The Kier molecular flexibility index (Phi) is 9.50. The molecule has 3 aromatic carbocycles. The molecule has 44 heavy (non-hydrogen) atoms. The van der Waals surface area contributed by atoms with Crippen LogP contribution in [0.15, 0.2) is 66.9 Å². The lowest BCUT2D eigenvalue weighted by atomic mass is 10.1. The van der Waals surface area contributed by atoms with Crippen LogP contribution in [0.2, 0.25) is 0 Å². The summed E-state index contributed by atoms with van der Waals surface area (Å²) in [5, 5.41) is 6.27. The summed E-state index contributed by atoms with van der Waals surface area (Å²) in [5.74, 6) is 1.70. The molecule has 0 spiro atoms. The fourth-order valence-corrected chi connectivity index (χ4v) is 5.04. The van der Waals surface area contributed by atoms with Crippen LogP contribution in [0.25, 0.3) is 0 Å². The van der Waals surface area contributed by atoms with Gasteiger partial charge in [-0.25, -0.2) is 4.98 Å². The van der Waals surface area contributed by atoms with E-state index in [9.17, 15) is 4.79 Å². The molecule has 0 atom stereocenters. The molecule has 4 aromatic rings. The lowest BCUT2D eigenvalue weighted by Crippen LogP contribution is -2.44. The summed E-state index contributed by atoms with van der Waals surface area (Å²) in [6.07, 6.45) is 1.40.